The first-order valence-electron chi connectivity index (χ1n) is 6.64. The maximum Gasteiger partial charge on any atom is 0.334 e. The third-order valence-electron chi connectivity index (χ3n) is 2.67. The molecule has 0 amide bonds. The topological polar surface area (TPSA) is 35.5 Å². The minimum Gasteiger partial charge on any atom is -0.463 e. The molecule has 0 aromatic heterocycles. The highest BCUT2D eigenvalue weighted by Crippen LogP contribution is 2.11. The standard InChI is InChI=1S/C16H22O3/c1-4-19-16(17)15(13(2)3)10-11-18-12-14-8-6-5-7-9-14/h5-10,13H,4,11-12H2,1-3H3/b15-10+. The maximum atomic E-state index is 11.7. The van der Waals surface area contributed by atoms with Gasteiger partial charge in [-0.25, -0.2) is 4.79 Å². The van der Waals surface area contributed by atoms with Crippen molar-refractivity contribution in [2.24, 2.45) is 5.92 Å². The van der Waals surface area contributed by atoms with Crippen molar-refractivity contribution in [3.05, 3.63) is 47.5 Å². The first kappa shape index (κ1) is 15.4. The van der Waals surface area contributed by atoms with Crippen LogP contribution in [0.4, 0.5) is 0 Å². The van der Waals surface area contributed by atoms with Gasteiger partial charge in [-0.2, -0.15) is 0 Å². The molecule has 0 fully saturated rings. The summed E-state index contributed by atoms with van der Waals surface area (Å²) in [6, 6.07) is 9.96. The number of esters is 1. The highest BCUT2D eigenvalue weighted by atomic mass is 16.5. The second-order valence-electron chi connectivity index (χ2n) is 4.54. The summed E-state index contributed by atoms with van der Waals surface area (Å²) < 4.78 is 10.6. The average Bonchev–Trinajstić information content (AvgIpc) is 2.39. The van der Waals surface area contributed by atoms with Crippen molar-refractivity contribution in [3.63, 3.8) is 0 Å². The van der Waals surface area contributed by atoms with Crippen LogP contribution < -0.4 is 0 Å². The molecule has 1 aromatic carbocycles. The van der Waals surface area contributed by atoms with E-state index in [9.17, 15) is 4.79 Å². The van der Waals surface area contributed by atoms with Gasteiger partial charge in [-0.1, -0.05) is 44.2 Å². The van der Waals surface area contributed by atoms with Crippen LogP contribution in [0, 0.1) is 5.92 Å². The predicted octanol–water partition coefficient (Wildman–Crippen LogP) is 3.35. The number of hydrogen-bond donors (Lipinski definition) is 0. The zero-order valence-corrected chi connectivity index (χ0v) is 11.9. The monoisotopic (exact) mass is 262 g/mol. The largest absolute Gasteiger partial charge is 0.463 e. The predicted molar refractivity (Wildman–Crippen MR) is 75.7 cm³/mol. The number of benzene rings is 1. The van der Waals surface area contributed by atoms with E-state index in [0.717, 1.165) is 5.56 Å². The minimum atomic E-state index is -0.249. The average molecular weight is 262 g/mol. The van der Waals surface area contributed by atoms with Crippen molar-refractivity contribution >= 4 is 5.97 Å². The first-order valence-corrected chi connectivity index (χ1v) is 6.64. The highest BCUT2D eigenvalue weighted by Gasteiger charge is 2.13. The summed E-state index contributed by atoms with van der Waals surface area (Å²) in [5.41, 5.74) is 1.80. The lowest BCUT2D eigenvalue weighted by atomic mass is 10.0. The number of ether oxygens (including phenoxy) is 2. The molecule has 0 saturated heterocycles. The minimum absolute atomic E-state index is 0.138. The van der Waals surface area contributed by atoms with Crippen LogP contribution in [0.15, 0.2) is 42.0 Å². The van der Waals surface area contributed by atoms with E-state index >= 15 is 0 Å². The third kappa shape index (κ3) is 5.71. The van der Waals surface area contributed by atoms with Crippen LogP contribution in [-0.2, 0) is 20.9 Å². The van der Waals surface area contributed by atoms with Crippen molar-refractivity contribution in [1.29, 1.82) is 0 Å². The number of rotatable bonds is 7. The molecule has 0 spiro atoms. The van der Waals surface area contributed by atoms with E-state index in [1.165, 1.54) is 0 Å². The van der Waals surface area contributed by atoms with Gasteiger partial charge in [-0.3, -0.25) is 0 Å². The summed E-state index contributed by atoms with van der Waals surface area (Å²) in [5, 5.41) is 0. The molecule has 1 rings (SSSR count). The van der Waals surface area contributed by atoms with Crippen LogP contribution in [0.5, 0.6) is 0 Å². The Morgan fingerprint density at radius 1 is 1.26 bits per heavy atom. The second kappa shape index (κ2) is 8.48. The molecular weight excluding hydrogens is 240 g/mol. The molecule has 0 atom stereocenters. The molecule has 0 aliphatic rings. The Hall–Kier alpha value is -1.61. The SMILES string of the molecule is CCOC(=O)/C(=C/COCc1ccccc1)C(C)C. The van der Waals surface area contributed by atoms with Gasteiger partial charge in [0.1, 0.15) is 0 Å². The Kier molecular flexibility index (Phi) is 6.90. The molecule has 0 unspecified atom stereocenters. The lowest BCUT2D eigenvalue weighted by Crippen LogP contribution is -2.13. The summed E-state index contributed by atoms with van der Waals surface area (Å²) in [6.45, 7) is 7.11. The van der Waals surface area contributed by atoms with Gasteiger partial charge in [0.2, 0.25) is 0 Å². The van der Waals surface area contributed by atoms with Crippen molar-refractivity contribution in [3.8, 4) is 0 Å². The molecule has 0 radical (unpaired) electrons. The quantitative estimate of drug-likeness (QED) is 0.429. The van der Waals surface area contributed by atoms with Gasteiger partial charge in [0.05, 0.1) is 19.8 Å². The molecule has 3 heteroatoms. The van der Waals surface area contributed by atoms with Crippen LogP contribution in [0.25, 0.3) is 0 Å². The normalized spacial score (nSPS) is 11.7. The molecule has 0 saturated carbocycles. The number of carbonyl (C=O) groups excluding carboxylic acids is 1. The Labute approximate surface area is 115 Å². The van der Waals surface area contributed by atoms with Crippen molar-refractivity contribution in [1.82, 2.24) is 0 Å². The van der Waals surface area contributed by atoms with Crippen LogP contribution in [0.1, 0.15) is 26.3 Å². The van der Waals surface area contributed by atoms with E-state index in [2.05, 4.69) is 0 Å². The van der Waals surface area contributed by atoms with Gasteiger partial charge in [-0.15, -0.1) is 0 Å². The van der Waals surface area contributed by atoms with Gasteiger partial charge in [0.15, 0.2) is 0 Å². The van der Waals surface area contributed by atoms with E-state index in [1.54, 1.807) is 0 Å². The molecule has 1 aromatic rings. The Bertz CT molecular complexity index is 407. The number of carbonyl (C=O) groups is 1. The summed E-state index contributed by atoms with van der Waals surface area (Å²) in [4.78, 5) is 11.7. The Balaban J connectivity index is 2.46. The zero-order chi connectivity index (χ0) is 14.1. The highest BCUT2D eigenvalue weighted by molar-refractivity contribution is 5.88. The summed E-state index contributed by atoms with van der Waals surface area (Å²) in [5.74, 6) is -0.111. The molecule has 3 nitrogen and oxygen atoms in total. The lowest BCUT2D eigenvalue weighted by Gasteiger charge is -2.10. The van der Waals surface area contributed by atoms with Crippen LogP contribution in [-0.4, -0.2) is 19.2 Å². The van der Waals surface area contributed by atoms with Gasteiger partial charge in [0, 0.05) is 5.57 Å². The van der Waals surface area contributed by atoms with Gasteiger partial charge in [0.25, 0.3) is 0 Å². The van der Waals surface area contributed by atoms with E-state index in [-0.39, 0.29) is 11.9 Å². The Morgan fingerprint density at radius 3 is 2.53 bits per heavy atom. The summed E-state index contributed by atoms with van der Waals surface area (Å²) in [6.07, 6.45) is 1.81. The van der Waals surface area contributed by atoms with Gasteiger partial charge < -0.3 is 9.47 Å². The first-order chi connectivity index (χ1) is 9.15. The molecule has 0 heterocycles. The summed E-state index contributed by atoms with van der Waals surface area (Å²) >= 11 is 0. The molecule has 0 aliphatic carbocycles. The van der Waals surface area contributed by atoms with Crippen LogP contribution in [0.2, 0.25) is 0 Å². The molecule has 19 heavy (non-hydrogen) atoms. The van der Waals surface area contributed by atoms with Crippen LogP contribution in [0.3, 0.4) is 0 Å². The molecule has 0 aliphatic heterocycles. The maximum absolute atomic E-state index is 11.7. The third-order valence-corrected chi connectivity index (χ3v) is 2.67. The second-order valence-corrected chi connectivity index (χ2v) is 4.54. The smallest absolute Gasteiger partial charge is 0.334 e. The fourth-order valence-corrected chi connectivity index (χ4v) is 1.67. The van der Waals surface area contributed by atoms with Gasteiger partial charge >= 0.3 is 5.97 Å². The van der Waals surface area contributed by atoms with Crippen molar-refractivity contribution in [2.45, 2.75) is 27.4 Å². The zero-order valence-electron chi connectivity index (χ0n) is 11.9. The van der Waals surface area contributed by atoms with E-state index < -0.39 is 0 Å². The van der Waals surface area contributed by atoms with Crippen molar-refractivity contribution in [2.75, 3.05) is 13.2 Å². The van der Waals surface area contributed by atoms with E-state index in [1.807, 2.05) is 57.2 Å². The van der Waals surface area contributed by atoms with Crippen LogP contribution >= 0.6 is 0 Å². The van der Waals surface area contributed by atoms with Gasteiger partial charge in [-0.05, 0) is 24.5 Å². The lowest BCUT2D eigenvalue weighted by molar-refractivity contribution is -0.139. The van der Waals surface area contributed by atoms with E-state index in [0.29, 0.717) is 25.4 Å². The molecular formula is C16H22O3. The van der Waals surface area contributed by atoms with E-state index in [4.69, 9.17) is 9.47 Å². The molecule has 0 N–H and O–H groups in total. The fraction of sp³-hybridized carbons (Fsp3) is 0.438. The van der Waals surface area contributed by atoms with Crippen molar-refractivity contribution < 1.29 is 14.3 Å². The summed E-state index contributed by atoms with van der Waals surface area (Å²) in [7, 11) is 0. The Morgan fingerprint density at radius 2 is 1.95 bits per heavy atom. The molecule has 104 valence electrons. The molecule has 0 bridgehead atoms. The number of hydrogen-bond acceptors (Lipinski definition) is 3. The fourth-order valence-electron chi connectivity index (χ4n) is 1.67.